The first-order chi connectivity index (χ1) is 13.9. The molecule has 3 fully saturated rings. The molecule has 8 nitrogen and oxygen atoms in total. The predicted octanol–water partition coefficient (Wildman–Crippen LogP) is 2.17. The second kappa shape index (κ2) is 7.83. The normalized spacial score (nSPS) is 29.9. The minimum atomic E-state index is -1.91. The molecule has 4 atom stereocenters. The lowest BCUT2D eigenvalue weighted by molar-refractivity contribution is -0.0444. The number of ether oxygens (including phenoxy) is 1. The molecule has 2 heterocycles. The highest BCUT2D eigenvalue weighted by Gasteiger charge is 2.58. The molecule has 0 bridgehead atoms. The molecule has 29 heavy (non-hydrogen) atoms. The highest BCUT2D eigenvalue weighted by atomic mass is 28.4. The van der Waals surface area contributed by atoms with Gasteiger partial charge in [0.2, 0.25) is 0 Å². The van der Waals surface area contributed by atoms with Gasteiger partial charge in [0, 0.05) is 6.20 Å². The van der Waals surface area contributed by atoms with E-state index in [1.54, 1.807) is 0 Å². The van der Waals surface area contributed by atoms with Crippen molar-refractivity contribution in [2.24, 2.45) is 11.8 Å². The van der Waals surface area contributed by atoms with Gasteiger partial charge in [-0.1, -0.05) is 39.5 Å². The molecule has 1 aromatic heterocycles. The number of aliphatic hydroxyl groups excluding tert-OH is 1. The summed E-state index contributed by atoms with van der Waals surface area (Å²) in [5, 5.41) is 20.3. The SMILES string of the molecule is CC(C)C[Si](OC[C@H]1O[C@@H](n2ccc(N)nc2=O)[C@@H](C#N)[C@@H]1O)(C1CC1)C1CC1. The molecule has 158 valence electrons. The molecular weight excluding hydrogens is 388 g/mol. The average molecular weight is 419 g/mol. The number of aromatic nitrogens is 2. The van der Waals surface area contributed by atoms with Crippen LogP contribution in [0.3, 0.4) is 0 Å². The van der Waals surface area contributed by atoms with E-state index in [0.29, 0.717) is 17.0 Å². The Hall–Kier alpha value is -1.73. The van der Waals surface area contributed by atoms with Crippen molar-refractivity contribution in [2.45, 2.75) is 75.1 Å². The molecule has 2 saturated carbocycles. The number of nitriles is 1. The summed E-state index contributed by atoms with van der Waals surface area (Å²) < 4.78 is 13.9. The summed E-state index contributed by atoms with van der Waals surface area (Å²) in [7, 11) is -1.91. The number of nitrogen functional groups attached to an aromatic ring is 1. The summed E-state index contributed by atoms with van der Waals surface area (Å²) in [5.41, 5.74) is 6.38. The summed E-state index contributed by atoms with van der Waals surface area (Å²) >= 11 is 0. The fourth-order valence-corrected chi connectivity index (χ4v) is 10.8. The lowest BCUT2D eigenvalue weighted by Crippen LogP contribution is -2.44. The maximum atomic E-state index is 12.2. The van der Waals surface area contributed by atoms with Gasteiger partial charge in [0.25, 0.3) is 0 Å². The van der Waals surface area contributed by atoms with Crippen LogP contribution in [0.4, 0.5) is 5.82 Å². The van der Waals surface area contributed by atoms with Crippen molar-refractivity contribution < 1.29 is 14.3 Å². The Morgan fingerprint density at radius 1 is 1.41 bits per heavy atom. The Bertz CT molecular complexity index is 834. The molecule has 0 aromatic carbocycles. The van der Waals surface area contributed by atoms with Crippen LogP contribution in [0, 0.1) is 23.2 Å². The predicted molar refractivity (Wildman–Crippen MR) is 109 cm³/mol. The van der Waals surface area contributed by atoms with E-state index in [9.17, 15) is 15.2 Å². The lowest BCUT2D eigenvalue weighted by atomic mass is 10.0. The summed E-state index contributed by atoms with van der Waals surface area (Å²) in [4.78, 5) is 15.9. The van der Waals surface area contributed by atoms with Crippen molar-refractivity contribution in [2.75, 3.05) is 12.3 Å². The van der Waals surface area contributed by atoms with Gasteiger partial charge in [-0.25, -0.2) is 4.79 Å². The van der Waals surface area contributed by atoms with E-state index in [4.69, 9.17) is 14.9 Å². The molecular formula is C20H30N4O4Si. The lowest BCUT2D eigenvalue weighted by Gasteiger charge is -2.35. The van der Waals surface area contributed by atoms with E-state index in [-0.39, 0.29) is 12.4 Å². The van der Waals surface area contributed by atoms with E-state index in [0.717, 1.165) is 6.04 Å². The van der Waals surface area contributed by atoms with Crippen molar-refractivity contribution >= 4 is 14.1 Å². The van der Waals surface area contributed by atoms with Gasteiger partial charge in [-0.3, -0.25) is 4.57 Å². The van der Waals surface area contributed by atoms with Crippen LogP contribution in [-0.2, 0) is 9.16 Å². The van der Waals surface area contributed by atoms with Gasteiger partial charge in [-0.15, -0.1) is 0 Å². The number of nitrogens with two attached hydrogens (primary N) is 1. The number of rotatable bonds is 8. The molecule has 2 aliphatic carbocycles. The van der Waals surface area contributed by atoms with E-state index in [1.165, 1.54) is 42.5 Å². The number of hydrogen-bond acceptors (Lipinski definition) is 7. The van der Waals surface area contributed by atoms with Crippen LogP contribution in [0.2, 0.25) is 17.1 Å². The molecule has 0 spiro atoms. The van der Waals surface area contributed by atoms with Gasteiger partial charge in [0.15, 0.2) is 14.5 Å². The fraction of sp³-hybridized carbons (Fsp3) is 0.750. The van der Waals surface area contributed by atoms with Crippen LogP contribution in [0.1, 0.15) is 45.8 Å². The summed E-state index contributed by atoms with van der Waals surface area (Å²) in [5.74, 6) is -0.178. The molecule has 0 amide bonds. The Morgan fingerprint density at radius 2 is 2.07 bits per heavy atom. The zero-order chi connectivity index (χ0) is 20.8. The Morgan fingerprint density at radius 3 is 2.59 bits per heavy atom. The minimum Gasteiger partial charge on any atom is -0.413 e. The smallest absolute Gasteiger partial charge is 0.351 e. The first-order valence-corrected chi connectivity index (χ1v) is 12.8. The highest BCUT2D eigenvalue weighted by Crippen LogP contribution is 2.61. The number of aliphatic hydroxyl groups is 1. The number of hydrogen-bond donors (Lipinski definition) is 2. The highest BCUT2D eigenvalue weighted by molar-refractivity contribution is 6.78. The van der Waals surface area contributed by atoms with Gasteiger partial charge in [-0.05, 0) is 29.1 Å². The zero-order valence-corrected chi connectivity index (χ0v) is 18.0. The Kier molecular flexibility index (Phi) is 5.55. The molecule has 1 aromatic rings. The van der Waals surface area contributed by atoms with Crippen molar-refractivity contribution in [3.05, 3.63) is 22.7 Å². The molecule has 4 rings (SSSR count). The van der Waals surface area contributed by atoms with Crippen LogP contribution in [0.15, 0.2) is 17.1 Å². The average Bonchev–Trinajstić information content (AvgIpc) is 3.55. The van der Waals surface area contributed by atoms with Gasteiger partial charge in [-0.2, -0.15) is 10.2 Å². The quantitative estimate of drug-likeness (QED) is 0.620. The third kappa shape index (κ3) is 3.99. The van der Waals surface area contributed by atoms with E-state index < -0.39 is 38.4 Å². The molecule has 9 heteroatoms. The van der Waals surface area contributed by atoms with Gasteiger partial charge in [0.1, 0.15) is 23.9 Å². The fourth-order valence-electron chi connectivity index (χ4n) is 4.86. The molecule has 1 saturated heterocycles. The van der Waals surface area contributed by atoms with E-state index in [2.05, 4.69) is 24.9 Å². The van der Waals surface area contributed by atoms with Crippen molar-refractivity contribution in [3.63, 3.8) is 0 Å². The number of nitrogens with zero attached hydrogens (tertiary/aromatic N) is 3. The molecule has 0 unspecified atom stereocenters. The monoisotopic (exact) mass is 418 g/mol. The largest absolute Gasteiger partial charge is 0.413 e. The number of anilines is 1. The maximum absolute atomic E-state index is 12.2. The third-order valence-electron chi connectivity index (χ3n) is 6.43. The Labute approximate surface area is 171 Å². The molecule has 3 N–H and O–H groups in total. The summed E-state index contributed by atoms with van der Waals surface area (Å²) in [6.07, 6.45) is 3.91. The van der Waals surface area contributed by atoms with Crippen molar-refractivity contribution in [3.8, 4) is 6.07 Å². The van der Waals surface area contributed by atoms with Crippen LogP contribution >= 0.6 is 0 Å². The standard InChI is InChI=1S/C20H30N4O4Si/c1-12(2)11-29(13-3-4-13,14-5-6-14)27-10-16-18(25)15(9-21)19(28-16)24-8-7-17(22)23-20(24)26/h7-8,12-16,18-19,25H,3-6,10-11H2,1-2H3,(H2,22,23,26)/t15-,16+,18-,19+/m0/s1. The van der Waals surface area contributed by atoms with Gasteiger partial charge in [0.05, 0.1) is 12.7 Å². The van der Waals surface area contributed by atoms with Crippen LogP contribution in [-0.4, -0.2) is 41.8 Å². The minimum absolute atomic E-state index is 0.108. The second-order valence-electron chi connectivity index (χ2n) is 9.17. The summed E-state index contributed by atoms with van der Waals surface area (Å²) in [6.45, 7) is 4.77. The maximum Gasteiger partial charge on any atom is 0.351 e. The van der Waals surface area contributed by atoms with Crippen molar-refractivity contribution in [1.82, 2.24) is 9.55 Å². The van der Waals surface area contributed by atoms with Gasteiger partial charge < -0.3 is 20.0 Å². The third-order valence-corrected chi connectivity index (χ3v) is 12.5. The zero-order valence-electron chi connectivity index (χ0n) is 17.0. The first kappa shape index (κ1) is 20.5. The molecule has 0 radical (unpaired) electrons. The van der Waals surface area contributed by atoms with Crippen molar-refractivity contribution in [1.29, 1.82) is 5.26 Å². The van der Waals surface area contributed by atoms with E-state index >= 15 is 0 Å². The summed E-state index contributed by atoms with van der Waals surface area (Å²) in [6, 6.07) is 4.71. The van der Waals surface area contributed by atoms with Gasteiger partial charge >= 0.3 is 5.69 Å². The first-order valence-electron chi connectivity index (χ1n) is 10.6. The van der Waals surface area contributed by atoms with E-state index in [1.807, 2.05) is 0 Å². The molecule has 1 aliphatic heterocycles. The molecule has 3 aliphatic rings. The Balaban J connectivity index is 1.51. The van der Waals surface area contributed by atoms with Crippen LogP contribution in [0.25, 0.3) is 0 Å². The van der Waals surface area contributed by atoms with Crippen LogP contribution < -0.4 is 11.4 Å². The topological polar surface area (TPSA) is 123 Å². The van der Waals surface area contributed by atoms with Crippen LogP contribution in [0.5, 0.6) is 0 Å². The second-order valence-corrected chi connectivity index (χ2v) is 13.4.